The Morgan fingerprint density at radius 3 is 2.95 bits per heavy atom. The number of hydrogen-bond acceptors (Lipinski definition) is 3. The molecule has 0 saturated carbocycles. The maximum Gasteiger partial charge on any atom is 0.221 e. The minimum absolute atomic E-state index is 0.117. The highest BCUT2D eigenvalue weighted by molar-refractivity contribution is 5.76. The standard InChI is InChI=1S/C15H23N3O/c1-17(2)8-7-15(19)16-11-12-4-5-14-13(10-12)6-9-18(14)3/h4-5,10H,6-9,11H2,1-3H3,(H,16,19). The lowest BCUT2D eigenvalue weighted by Gasteiger charge is -2.13. The first-order chi connectivity index (χ1) is 9.06. The van der Waals surface area contributed by atoms with Crippen LogP contribution in [0, 0.1) is 0 Å². The normalized spacial score (nSPS) is 13.8. The van der Waals surface area contributed by atoms with Gasteiger partial charge in [0.2, 0.25) is 5.91 Å². The lowest BCUT2D eigenvalue weighted by molar-refractivity contribution is -0.121. The SMILES string of the molecule is CN(C)CCC(=O)NCc1ccc2c(c1)CCN2C. The van der Waals surface area contributed by atoms with Gasteiger partial charge in [0.25, 0.3) is 0 Å². The third-order valence-corrected chi connectivity index (χ3v) is 3.55. The topological polar surface area (TPSA) is 35.6 Å². The maximum absolute atomic E-state index is 11.7. The first kappa shape index (κ1) is 13.9. The molecule has 4 nitrogen and oxygen atoms in total. The number of benzene rings is 1. The van der Waals surface area contributed by atoms with Crippen LogP contribution in [-0.2, 0) is 17.8 Å². The molecule has 1 aromatic carbocycles. The van der Waals surface area contributed by atoms with Crippen molar-refractivity contribution in [3.05, 3.63) is 29.3 Å². The van der Waals surface area contributed by atoms with E-state index in [2.05, 4.69) is 35.5 Å². The van der Waals surface area contributed by atoms with Crippen LogP contribution >= 0.6 is 0 Å². The van der Waals surface area contributed by atoms with E-state index in [1.165, 1.54) is 16.8 Å². The molecular weight excluding hydrogens is 238 g/mol. The van der Waals surface area contributed by atoms with Crippen LogP contribution in [0.1, 0.15) is 17.5 Å². The molecule has 1 aromatic rings. The maximum atomic E-state index is 11.7. The number of likely N-dealkylation sites (N-methyl/N-ethyl adjacent to an activating group) is 1. The molecule has 0 atom stereocenters. The second kappa shape index (κ2) is 6.06. The average molecular weight is 261 g/mol. The molecule has 4 heteroatoms. The van der Waals surface area contributed by atoms with E-state index >= 15 is 0 Å². The zero-order valence-corrected chi connectivity index (χ0v) is 12.1. The summed E-state index contributed by atoms with van der Waals surface area (Å²) in [5, 5.41) is 2.98. The van der Waals surface area contributed by atoms with Crippen molar-refractivity contribution in [2.24, 2.45) is 0 Å². The van der Waals surface area contributed by atoms with Crippen molar-refractivity contribution in [3.63, 3.8) is 0 Å². The van der Waals surface area contributed by atoms with Gasteiger partial charge in [-0.25, -0.2) is 0 Å². The van der Waals surface area contributed by atoms with Crippen LogP contribution in [0.25, 0.3) is 0 Å². The number of carbonyl (C=O) groups excluding carboxylic acids is 1. The molecule has 1 N–H and O–H groups in total. The Balaban J connectivity index is 1.85. The highest BCUT2D eigenvalue weighted by Gasteiger charge is 2.15. The summed E-state index contributed by atoms with van der Waals surface area (Å²) in [6.45, 7) is 2.51. The van der Waals surface area contributed by atoms with E-state index in [0.717, 1.165) is 19.5 Å². The lowest BCUT2D eigenvalue weighted by Crippen LogP contribution is -2.26. The van der Waals surface area contributed by atoms with Crippen molar-refractivity contribution >= 4 is 11.6 Å². The van der Waals surface area contributed by atoms with Gasteiger partial charge in [-0.05, 0) is 37.7 Å². The number of anilines is 1. The summed E-state index contributed by atoms with van der Waals surface area (Å²) in [5.74, 6) is 0.117. The third-order valence-electron chi connectivity index (χ3n) is 3.55. The predicted octanol–water partition coefficient (Wildman–Crippen LogP) is 1.25. The minimum Gasteiger partial charge on any atom is -0.374 e. The van der Waals surface area contributed by atoms with E-state index in [1.54, 1.807) is 0 Å². The molecule has 0 aromatic heterocycles. The zero-order chi connectivity index (χ0) is 13.8. The zero-order valence-electron chi connectivity index (χ0n) is 12.1. The average Bonchev–Trinajstić information content (AvgIpc) is 2.75. The molecule has 2 rings (SSSR count). The van der Waals surface area contributed by atoms with Gasteiger partial charge in [-0.3, -0.25) is 4.79 Å². The number of nitrogens with zero attached hydrogens (tertiary/aromatic N) is 2. The van der Waals surface area contributed by atoms with Crippen LogP contribution in [0.5, 0.6) is 0 Å². The molecular formula is C15H23N3O. The van der Waals surface area contributed by atoms with E-state index in [1.807, 2.05) is 19.0 Å². The van der Waals surface area contributed by atoms with E-state index in [4.69, 9.17) is 0 Å². The fourth-order valence-corrected chi connectivity index (χ4v) is 2.34. The van der Waals surface area contributed by atoms with Crippen LogP contribution < -0.4 is 10.2 Å². The van der Waals surface area contributed by atoms with Crippen LogP contribution in [0.15, 0.2) is 18.2 Å². The van der Waals surface area contributed by atoms with Gasteiger partial charge < -0.3 is 15.1 Å². The summed E-state index contributed by atoms with van der Waals surface area (Å²) in [4.78, 5) is 16.0. The Morgan fingerprint density at radius 2 is 2.21 bits per heavy atom. The Morgan fingerprint density at radius 1 is 1.42 bits per heavy atom. The van der Waals surface area contributed by atoms with Gasteiger partial charge in [0.1, 0.15) is 0 Å². The summed E-state index contributed by atoms with van der Waals surface area (Å²) in [5.41, 5.74) is 3.90. The van der Waals surface area contributed by atoms with Crippen molar-refractivity contribution in [2.75, 3.05) is 39.1 Å². The van der Waals surface area contributed by atoms with Crippen molar-refractivity contribution in [1.82, 2.24) is 10.2 Å². The molecule has 1 amide bonds. The molecule has 19 heavy (non-hydrogen) atoms. The molecule has 0 unspecified atom stereocenters. The Hall–Kier alpha value is -1.55. The molecule has 0 radical (unpaired) electrons. The number of nitrogens with one attached hydrogen (secondary N) is 1. The van der Waals surface area contributed by atoms with Crippen molar-refractivity contribution in [1.29, 1.82) is 0 Å². The predicted molar refractivity (Wildman–Crippen MR) is 78.4 cm³/mol. The third kappa shape index (κ3) is 3.70. The largest absolute Gasteiger partial charge is 0.374 e. The fourth-order valence-electron chi connectivity index (χ4n) is 2.34. The summed E-state index contributed by atoms with van der Waals surface area (Å²) >= 11 is 0. The first-order valence-electron chi connectivity index (χ1n) is 6.80. The summed E-state index contributed by atoms with van der Waals surface area (Å²) in [6.07, 6.45) is 1.66. The highest BCUT2D eigenvalue weighted by atomic mass is 16.1. The minimum atomic E-state index is 0.117. The number of hydrogen-bond donors (Lipinski definition) is 1. The van der Waals surface area contributed by atoms with Crippen molar-refractivity contribution < 1.29 is 4.79 Å². The molecule has 0 saturated heterocycles. The number of fused-ring (bicyclic) bond motifs is 1. The van der Waals surface area contributed by atoms with Crippen molar-refractivity contribution in [2.45, 2.75) is 19.4 Å². The molecule has 1 heterocycles. The number of amides is 1. The van der Waals surface area contributed by atoms with Gasteiger partial charge in [-0.2, -0.15) is 0 Å². The Labute approximate surface area is 115 Å². The molecule has 0 spiro atoms. The summed E-state index contributed by atoms with van der Waals surface area (Å²) < 4.78 is 0. The smallest absolute Gasteiger partial charge is 0.221 e. The summed E-state index contributed by atoms with van der Waals surface area (Å²) in [7, 11) is 6.07. The van der Waals surface area contributed by atoms with Gasteiger partial charge in [-0.15, -0.1) is 0 Å². The van der Waals surface area contributed by atoms with E-state index in [0.29, 0.717) is 13.0 Å². The molecule has 104 valence electrons. The number of carbonyl (C=O) groups is 1. The monoisotopic (exact) mass is 261 g/mol. The van der Waals surface area contributed by atoms with Gasteiger partial charge in [0, 0.05) is 38.8 Å². The van der Waals surface area contributed by atoms with Gasteiger partial charge in [0.05, 0.1) is 0 Å². The van der Waals surface area contributed by atoms with Gasteiger partial charge in [-0.1, -0.05) is 12.1 Å². The number of rotatable bonds is 5. The van der Waals surface area contributed by atoms with Crippen LogP contribution in [-0.4, -0.2) is 45.0 Å². The highest BCUT2D eigenvalue weighted by Crippen LogP contribution is 2.27. The first-order valence-corrected chi connectivity index (χ1v) is 6.80. The molecule has 1 aliphatic heterocycles. The van der Waals surface area contributed by atoms with Crippen LogP contribution in [0.4, 0.5) is 5.69 Å². The van der Waals surface area contributed by atoms with Crippen molar-refractivity contribution in [3.8, 4) is 0 Å². The van der Waals surface area contributed by atoms with Crippen LogP contribution in [0.2, 0.25) is 0 Å². The van der Waals surface area contributed by atoms with E-state index in [-0.39, 0.29) is 5.91 Å². The molecule has 0 fully saturated rings. The Kier molecular flexibility index (Phi) is 4.43. The second-order valence-corrected chi connectivity index (χ2v) is 5.46. The fraction of sp³-hybridized carbons (Fsp3) is 0.533. The molecule has 0 aliphatic carbocycles. The van der Waals surface area contributed by atoms with Gasteiger partial charge in [0.15, 0.2) is 0 Å². The molecule has 0 bridgehead atoms. The second-order valence-electron chi connectivity index (χ2n) is 5.46. The molecule has 1 aliphatic rings. The lowest BCUT2D eigenvalue weighted by atomic mass is 10.1. The Bertz CT molecular complexity index is 457. The van der Waals surface area contributed by atoms with E-state index < -0.39 is 0 Å². The quantitative estimate of drug-likeness (QED) is 0.866. The van der Waals surface area contributed by atoms with E-state index in [9.17, 15) is 4.79 Å². The van der Waals surface area contributed by atoms with Gasteiger partial charge >= 0.3 is 0 Å². The van der Waals surface area contributed by atoms with Crippen LogP contribution in [0.3, 0.4) is 0 Å². The summed E-state index contributed by atoms with van der Waals surface area (Å²) in [6, 6.07) is 6.47.